The van der Waals surface area contributed by atoms with E-state index in [2.05, 4.69) is 9.97 Å². The van der Waals surface area contributed by atoms with E-state index in [4.69, 9.17) is 4.74 Å². The third-order valence-corrected chi connectivity index (χ3v) is 3.64. The zero-order chi connectivity index (χ0) is 14.8. The van der Waals surface area contributed by atoms with Gasteiger partial charge in [-0.15, -0.1) is 0 Å². The van der Waals surface area contributed by atoms with Crippen LogP contribution in [0.2, 0.25) is 0 Å². The van der Waals surface area contributed by atoms with Crippen LogP contribution < -0.4 is 5.56 Å². The molecule has 1 fully saturated rings. The first-order valence-electron chi connectivity index (χ1n) is 6.82. The summed E-state index contributed by atoms with van der Waals surface area (Å²) in [5.41, 5.74) is -0.167. The monoisotopic (exact) mass is 290 g/mol. The first-order chi connectivity index (χ1) is 10.1. The number of aromatic nitrogens is 2. The van der Waals surface area contributed by atoms with Gasteiger partial charge in [0, 0.05) is 19.1 Å². The number of H-pyrrole nitrogens is 1. The molecule has 110 valence electrons. The van der Waals surface area contributed by atoms with Crippen LogP contribution in [-0.2, 0) is 4.74 Å². The number of ether oxygens (including phenoxy) is 1. The molecule has 2 aromatic rings. The maximum atomic E-state index is 13.3. The molecule has 21 heavy (non-hydrogen) atoms. The van der Waals surface area contributed by atoms with Gasteiger partial charge < -0.3 is 14.8 Å². The molecule has 0 unspecified atom stereocenters. The molecule has 6 heteroatoms. The highest BCUT2D eigenvalue weighted by molar-refractivity contribution is 5.67. The predicted octanol–water partition coefficient (Wildman–Crippen LogP) is 2.18. The standard InChI is InChI=1S/C15H15FN2O3/c16-11-3-1-2-10(8-11)12-14(19)17-13(18-15(12)20)9-4-6-21-7-5-9/h1-3,8-9H,4-7H2,(H2,17,18,19,20). The number of hydrogen-bond acceptors (Lipinski definition) is 4. The van der Waals surface area contributed by atoms with Crippen molar-refractivity contribution in [3.63, 3.8) is 0 Å². The van der Waals surface area contributed by atoms with Crippen molar-refractivity contribution in [2.45, 2.75) is 18.8 Å². The molecule has 0 radical (unpaired) electrons. The molecule has 0 bridgehead atoms. The zero-order valence-corrected chi connectivity index (χ0v) is 11.3. The van der Waals surface area contributed by atoms with Gasteiger partial charge in [0.25, 0.3) is 5.56 Å². The van der Waals surface area contributed by atoms with E-state index >= 15 is 0 Å². The van der Waals surface area contributed by atoms with Gasteiger partial charge in [0.1, 0.15) is 17.2 Å². The fourth-order valence-electron chi connectivity index (χ4n) is 2.55. The molecule has 0 atom stereocenters. The molecule has 0 spiro atoms. The summed E-state index contributed by atoms with van der Waals surface area (Å²) >= 11 is 0. The second-order valence-electron chi connectivity index (χ2n) is 5.05. The van der Waals surface area contributed by atoms with Gasteiger partial charge in [0.15, 0.2) is 0 Å². The van der Waals surface area contributed by atoms with Crippen molar-refractivity contribution in [2.24, 2.45) is 0 Å². The summed E-state index contributed by atoms with van der Waals surface area (Å²) in [6.07, 6.45) is 1.50. The first kappa shape index (κ1) is 13.8. The molecule has 1 saturated heterocycles. The minimum absolute atomic E-state index is 0.00897. The number of nitrogens with zero attached hydrogens (tertiary/aromatic N) is 1. The van der Waals surface area contributed by atoms with Crippen molar-refractivity contribution in [3.8, 4) is 17.0 Å². The molecule has 1 aromatic heterocycles. The summed E-state index contributed by atoms with van der Waals surface area (Å²) in [4.78, 5) is 19.0. The van der Waals surface area contributed by atoms with Crippen LogP contribution in [0.25, 0.3) is 11.1 Å². The molecule has 1 aliphatic rings. The molecule has 0 amide bonds. The van der Waals surface area contributed by atoms with Gasteiger partial charge in [0.05, 0.1) is 0 Å². The molecular weight excluding hydrogens is 275 g/mol. The average molecular weight is 290 g/mol. The van der Waals surface area contributed by atoms with E-state index in [1.165, 1.54) is 18.2 Å². The van der Waals surface area contributed by atoms with Gasteiger partial charge in [-0.3, -0.25) is 4.79 Å². The predicted molar refractivity (Wildman–Crippen MR) is 74.7 cm³/mol. The second-order valence-corrected chi connectivity index (χ2v) is 5.05. The number of benzene rings is 1. The highest BCUT2D eigenvalue weighted by Crippen LogP contribution is 2.28. The Balaban J connectivity index is 2.02. The molecule has 0 aliphatic carbocycles. The minimum Gasteiger partial charge on any atom is -0.493 e. The van der Waals surface area contributed by atoms with Crippen LogP contribution in [-0.4, -0.2) is 28.3 Å². The topological polar surface area (TPSA) is 75.2 Å². The van der Waals surface area contributed by atoms with Crippen molar-refractivity contribution in [3.05, 3.63) is 46.3 Å². The lowest BCUT2D eigenvalue weighted by atomic mass is 9.99. The SMILES string of the molecule is O=c1[nH]c(C2CCOCC2)nc(O)c1-c1cccc(F)c1. The smallest absolute Gasteiger partial charge is 0.262 e. The lowest BCUT2D eigenvalue weighted by Crippen LogP contribution is -2.21. The molecule has 3 rings (SSSR count). The average Bonchev–Trinajstić information content (AvgIpc) is 2.47. The molecule has 2 heterocycles. The summed E-state index contributed by atoms with van der Waals surface area (Å²) in [5, 5.41) is 10.1. The highest BCUT2D eigenvalue weighted by Gasteiger charge is 2.21. The Morgan fingerprint density at radius 2 is 2.10 bits per heavy atom. The van der Waals surface area contributed by atoms with Crippen molar-refractivity contribution in [1.82, 2.24) is 9.97 Å². The van der Waals surface area contributed by atoms with Crippen LogP contribution in [0, 0.1) is 5.82 Å². The summed E-state index contributed by atoms with van der Waals surface area (Å²) in [6, 6.07) is 5.51. The second kappa shape index (κ2) is 5.65. The van der Waals surface area contributed by atoms with E-state index in [9.17, 15) is 14.3 Å². The van der Waals surface area contributed by atoms with E-state index in [0.717, 1.165) is 12.8 Å². The number of nitrogens with one attached hydrogen (secondary N) is 1. The quantitative estimate of drug-likeness (QED) is 0.889. The van der Waals surface area contributed by atoms with Crippen molar-refractivity contribution in [1.29, 1.82) is 0 Å². The van der Waals surface area contributed by atoms with Crippen LogP contribution in [0.15, 0.2) is 29.1 Å². The maximum Gasteiger partial charge on any atom is 0.262 e. The third-order valence-electron chi connectivity index (χ3n) is 3.64. The highest BCUT2D eigenvalue weighted by atomic mass is 19.1. The van der Waals surface area contributed by atoms with Crippen LogP contribution in [0.5, 0.6) is 5.88 Å². The number of aromatic amines is 1. The van der Waals surface area contributed by atoms with E-state index in [-0.39, 0.29) is 17.4 Å². The number of halogens is 1. The minimum atomic E-state index is -0.472. The molecule has 2 N–H and O–H groups in total. The first-order valence-corrected chi connectivity index (χ1v) is 6.82. The lowest BCUT2D eigenvalue weighted by Gasteiger charge is -2.21. The van der Waals surface area contributed by atoms with Gasteiger partial charge in [-0.05, 0) is 30.5 Å². The Bertz CT molecular complexity index is 708. The summed E-state index contributed by atoms with van der Waals surface area (Å²) < 4.78 is 18.5. The number of hydrogen-bond donors (Lipinski definition) is 2. The van der Waals surface area contributed by atoms with Crippen molar-refractivity contribution in [2.75, 3.05) is 13.2 Å². The van der Waals surface area contributed by atoms with Gasteiger partial charge in [0.2, 0.25) is 5.88 Å². The summed E-state index contributed by atoms with van der Waals surface area (Å²) in [7, 11) is 0. The third kappa shape index (κ3) is 2.80. The molecular formula is C15H15FN2O3. The number of aromatic hydroxyl groups is 1. The van der Waals surface area contributed by atoms with E-state index in [1.54, 1.807) is 6.07 Å². The fraction of sp³-hybridized carbons (Fsp3) is 0.333. The zero-order valence-electron chi connectivity index (χ0n) is 11.3. The Labute approximate surface area is 120 Å². The Morgan fingerprint density at radius 1 is 1.33 bits per heavy atom. The molecule has 0 saturated carbocycles. The van der Waals surface area contributed by atoms with Gasteiger partial charge in [-0.2, -0.15) is 4.98 Å². The Hall–Kier alpha value is -2.21. The van der Waals surface area contributed by atoms with E-state index in [1.807, 2.05) is 0 Å². The van der Waals surface area contributed by atoms with Crippen LogP contribution in [0.1, 0.15) is 24.6 Å². The van der Waals surface area contributed by atoms with Gasteiger partial charge >= 0.3 is 0 Å². The van der Waals surface area contributed by atoms with E-state index < -0.39 is 11.4 Å². The van der Waals surface area contributed by atoms with Crippen LogP contribution in [0.3, 0.4) is 0 Å². The Morgan fingerprint density at radius 3 is 2.76 bits per heavy atom. The van der Waals surface area contributed by atoms with Gasteiger partial charge in [-0.1, -0.05) is 12.1 Å². The molecule has 1 aromatic carbocycles. The Kier molecular flexibility index (Phi) is 3.70. The fourth-order valence-corrected chi connectivity index (χ4v) is 2.55. The largest absolute Gasteiger partial charge is 0.493 e. The normalized spacial score (nSPS) is 16.0. The summed E-state index contributed by atoms with van der Waals surface area (Å²) in [6.45, 7) is 1.22. The summed E-state index contributed by atoms with van der Waals surface area (Å²) in [5.74, 6) is -0.314. The molecule has 1 aliphatic heterocycles. The lowest BCUT2D eigenvalue weighted by molar-refractivity contribution is 0.0834. The maximum absolute atomic E-state index is 13.3. The number of rotatable bonds is 2. The van der Waals surface area contributed by atoms with E-state index in [0.29, 0.717) is 24.6 Å². The van der Waals surface area contributed by atoms with Crippen LogP contribution in [0.4, 0.5) is 4.39 Å². The molecule has 5 nitrogen and oxygen atoms in total. The van der Waals surface area contributed by atoms with Crippen molar-refractivity contribution < 1.29 is 14.2 Å². The van der Waals surface area contributed by atoms with Gasteiger partial charge in [-0.25, -0.2) is 4.39 Å². The van der Waals surface area contributed by atoms with Crippen LogP contribution >= 0.6 is 0 Å². The van der Waals surface area contributed by atoms with Crippen molar-refractivity contribution >= 4 is 0 Å².